The summed E-state index contributed by atoms with van der Waals surface area (Å²) in [5.74, 6) is 0.290. The molecular formula is C13H13N3O3. The molecule has 1 heterocycles. The van der Waals surface area contributed by atoms with Crippen molar-refractivity contribution in [2.75, 3.05) is 5.32 Å². The van der Waals surface area contributed by atoms with Crippen LogP contribution in [0.5, 0.6) is 0 Å². The largest absolute Gasteiger partial charge is 0.444 e. The molecule has 2 aromatic rings. The van der Waals surface area contributed by atoms with E-state index in [1.54, 1.807) is 6.92 Å². The molecule has 2 rings (SSSR count). The van der Waals surface area contributed by atoms with Crippen molar-refractivity contribution in [3.05, 3.63) is 58.1 Å². The van der Waals surface area contributed by atoms with Gasteiger partial charge >= 0.3 is 11.8 Å². The van der Waals surface area contributed by atoms with E-state index in [2.05, 4.69) is 15.3 Å². The molecule has 0 aliphatic rings. The molecule has 0 bridgehead atoms. The zero-order chi connectivity index (χ0) is 13.7. The number of aromatic amines is 1. The molecule has 1 aromatic carbocycles. The van der Waals surface area contributed by atoms with E-state index >= 15 is 0 Å². The van der Waals surface area contributed by atoms with E-state index in [4.69, 9.17) is 4.74 Å². The first-order valence-electron chi connectivity index (χ1n) is 5.69. The molecule has 6 nitrogen and oxygen atoms in total. The van der Waals surface area contributed by atoms with Crippen molar-refractivity contribution < 1.29 is 9.53 Å². The number of nitrogens with one attached hydrogen (secondary N) is 2. The summed E-state index contributed by atoms with van der Waals surface area (Å²) >= 11 is 0. The minimum atomic E-state index is -0.631. The van der Waals surface area contributed by atoms with Gasteiger partial charge in [0.05, 0.1) is 0 Å². The fourth-order valence-corrected chi connectivity index (χ4v) is 1.45. The zero-order valence-corrected chi connectivity index (χ0v) is 10.3. The van der Waals surface area contributed by atoms with E-state index in [1.165, 1.54) is 6.20 Å². The molecule has 1 aromatic heterocycles. The van der Waals surface area contributed by atoms with Gasteiger partial charge in [0.15, 0.2) is 0 Å². The molecule has 6 heteroatoms. The molecule has 0 aliphatic heterocycles. The fraction of sp³-hybridized carbons (Fsp3) is 0.154. The van der Waals surface area contributed by atoms with Crippen LogP contribution in [0.1, 0.15) is 11.1 Å². The summed E-state index contributed by atoms with van der Waals surface area (Å²) in [5, 5.41) is 2.46. The van der Waals surface area contributed by atoms with Crippen molar-refractivity contribution in [2.45, 2.75) is 13.5 Å². The lowest BCUT2D eigenvalue weighted by atomic mass is 10.2. The van der Waals surface area contributed by atoms with Gasteiger partial charge in [-0.1, -0.05) is 30.3 Å². The van der Waals surface area contributed by atoms with Gasteiger partial charge in [-0.25, -0.2) is 14.6 Å². The topological polar surface area (TPSA) is 84.1 Å². The molecule has 2 N–H and O–H groups in total. The SMILES string of the molecule is Cc1cnc(=O)[nH]c1NC(=O)OCc1ccccc1. The highest BCUT2D eigenvalue weighted by molar-refractivity contribution is 5.83. The maximum Gasteiger partial charge on any atom is 0.413 e. The van der Waals surface area contributed by atoms with Crippen molar-refractivity contribution in [1.29, 1.82) is 0 Å². The van der Waals surface area contributed by atoms with Crippen LogP contribution in [0.25, 0.3) is 0 Å². The summed E-state index contributed by atoms with van der Waals surface area (Å²) < 4.78 is 5.03. The smallest absolute Gasteiger partial charge is 0.413 e. The predicted octanol–water partition coefficient (Wildman–Crippen LogP) is 1.83. The minimum absolute atomic E-state index is 0.168. The molecular weight excluding hydrogens is 246 g/mol. The normalized spacial score (nSPS) is 9.95. The summed E-state index contributed by atoms with van der Waals surface area (Å²) in [6, 6.07) is 9.32. The van der Waals surface area contributed by atoms with Gasteiger partial charge in [0.1, 0.15) is 12.4 Å². The number of rotatable bonds is 3. The highest BCUT2D eigenvalue weighted by Gasteiger charge is 2.07. The number of H-pyrrole nitrogens is 1. The third kappa shape index (κ3) is 3.67. The second-order valence-corrected chi connectivity index (χ2v) is 3.93. The Labute approximate surface area is 109 Å². The number of amides is 1. The Morgan fingerprint density at radius 2 is 2.11 bits per heavy atom. The number of carbonyl (C=O) groups is 1. The van der Waals surface area contributed by atoms with Crippen molar-refractivity contribution >= 4 is 11.9 Å². The quantitative estimate of drug-likeness (QED) is 0.880. The first-order chi connectivity index (χ1) is 9.15. The van der Waals surface area contributed by atoms with E-state index < -0.39 is 11.8 Å². The maximum absolute atomic E-state index is 11.6. The zero-order valence-electron chi connectivity index (χ0n) is 10.3. The highest BCUT2D eigenvalue weighted by Crippen LogP contribution is 2.07. The molecule has 0 saturated carbocycles. The van der Waals surface area contributed by atoms with Crippen LogP contribution in [0.4, 0.5) is 10.6 Å². The Morgan fingerprint density at radius 1 is 1.37 bits per heavy atom. The Bertz CT molecular complexity index is 623. The molecule has 0 radical (unpaired) electrons. The molecule has 0 unspecified atom stereocenters. The lowest BCUT2D eigenvalue weighted by Crippen LogP contribution is -2.19. The van der Waals surface area contributed by atoms with Crippen molar-refractivity contribution in [2.24, 2.45) is 0 Å². The van der Waals surface area contributed by atoms with E-state index in [9.17, 15) is 9.59 Å². The van der Waals surface area contributed by atoms with Crippen LogP contribution in [0, 0.1) is 6.92 Å². The maximum atomic E-state index is 11.6. The molecule has 0 fully saturated rings. The van der Waals surface area contributed by atoms with Gasteiger partial charge < -0.3 is 4.74 Å². The third-order valence-electron chi connectivity index (χ3n) is 2.44. The number of hydrogen-bond donors (Lipinski definition) is 2. The number of hydrogen-bond acceptors (Lipinski definition) is 4. The summed E-state index contributed by atoms with van der Waals surface area (Å²) in [6.45, 7) is 1.89. The van der Waals surface area contributed by atoms with Crippen LogP contribution in [-0.2, 0) is 11.3 Å². The van der Waals surface area contributed by atoms with Crippen LogP contribution >= 0.6 is 0 Å². The van der Waals surface area contributed by atoms with Crippen molar-refractivity contribution in [3.8, 4) is 0 Å². The lowest BCUT2D eigenvalue weighted by molar-refractivity contribution is 0.155. The monoisotopic (exact) mass is 259 g/mol. The number of nitrogens with zero attached hydrogens (tertiary/aromatic N) is 1. The van der Waals surface area contributed by atoms with Gasteiger partial charge in [0.25, 0.3) is 0 Å². The molecule has 0 spiro atoms. The molecule has 98 valence electrons. The minimum Gasteiger partial charge on any atom is -0.444 e. The molecule has 19 heavy (non-hydrogen) atoms. The average molecular weight is 259 g/mol. The van der Waals surface area contributed by atoms with Crippen LogP contribution in [0.3, 0.4) is 0 Å². The van der Waals surface area contributed by atoms with Crippen LogP contribution in [-0.4, -0.2) is 16.1 Å². The first kappa shape index (κ1) is 12.8. The summed E-state index contributed by atoms with van der Waals surface area (Å²) in [4.78, 5) is 28.6. The van der Waals surface area contributed by atoms with Crippen LogP contribution < -0.4 is 11.0 Å². The summed E-state index contributed by atoms with van der Waals surface area (Å²) in [6.07, 6.45) is 0.750. The number of aromatic nitrogens is 2. The summed E-state index contributed by atoms with van der Waals surface area (Å²) in [5.41, 5.74) is 1.01. The number of benzene rings is 1. The average Bonchev–Trinajstić information content (AvgIpc) is 2.42. The van der Waals surface area contributed by atoms with Crippen molar-refractivity contribution in [3.63, 3.8) is 0 Å². The van der Waals surface area contributed by atoms with Gasteiger partial charge in [-0.15, -0.1) is 0 Å². The van der Waals surface area contributed by atoms with Gasteiger partial charge in [-0.05, 0) is 12.5 Å². The molecule has 0 saturated heterocycles. The number of ether oxygens (including phenoxy) is 1. The van der Waals surface area contributed by atoms with E-state index in [-0.39, 0.29) is 12.4 Å². The Balaban J connectivity index is 1.94. The third-order valence-corrected chi connectivity index (χ3v) is 2.44. The first-order valence-corrected chi connectivity index (χ1v) is 5.69. The van der Waals surface area contributed by atoms with Gasteiger partial charge in [0, 0.05) is 11.8 Å². The van der Waals surface area contributed by atoms with Gasteiger partial charge in [0.2, 0.25) is 0 Å². The van der Waals surface area contributed by atoms with Crippen LogP contribution in [0.15, 0.2) is 41.3 Å². The van der Waals surface area contributed by atoms with E-state index in [0.717, 1.165) is 5.56 Å². The second kappa shape index (κ2) is 5.81. The second-order valence-electron chi connectivity index (χ2n) is 3.93. The number of carbonyl (C=O) groups excluding carboxylic acids is 1. The molecule has 0 atom stereocenters. The summed E-state index contributed by atoms with van der Waals surface area (Å²) in [7, 11) is 0. The number of anilines is 1. The van der Waals surface area contributed by atoms with Crippen molar-refractivity contribution in [1.82, 2.24) is 9.97 Å². The molecule has 1 amide bonds. The van der Waals surface area contributed by atoms with E-state index in [1.807, 2.05) is 30.3 Å². The van der Waals surface area contributed by atoms with Gasteiger partial charge in [-0.2, -0.15) is 0 Å². The predicted molar refractivity (Wildman–Crippen MR) is 69.8 cm³/mol. The Morgan fingerprint density at radius 3 is 2.84 bits per heavy atom. The Hall–Kier alpha value is -2.63. The van der Waals surface area contributed by atoms with Gasteiger partial charge in [-0.3, -0.25) is 10.3 Å². The van der Waals surface area contributed by atoms with Crippen LogP contribution in [0.2, 0.25) is 0 Å². The lowest BCUT2D eigenvalue weighted by Gasteiger charge is -2.08. The fourth-order valence-electron chi connectivity index (χ4n) is 1.45. The highest BCUT2D eigenvalue weighted by atomic mass is 16.5. The number of aryl methyl sites for hydroxylation is 1. The van der Waals surface area contributed by atoms with E-state index in [0.29, 0.717) is 5.56 Å². The standard InChI is InChI=1S/C13H13N3O3/c1-9-7-14-12(17)15-11(9)16-13(18)19-8-10-5-3-2-4-6-10/h2-7H,8H2,1H3,(H2,14,15,16,17,18). The Kier molecular flexibility index (Phi) is 3.92. The molecule has 0 aliphatic carbocycles.